The van der Waals surface area contributed by atoms with E-state index in [1.165, 1.54) is 24.8 Å². The van der Waals surface area contributed by atoms with E-state index in [0.717, 1.165) is 6.26 Å². The van der Waals surface area contributed by atoms with Crippen LogP contribution in [-0.4, -0.2) is 20.6 Å². The molecule has 0 saturated heterocycles. The molecular weight excluding hydrogens is 344 g/mol. The van der Waals surface area contributed by atoms with E-state index in [4.69, 9.17) is 16.3 Å². The molecule has 0 unspecified atom stereocenters. The maximum atomic E-state index is 11.8. The van der Waals surface area contributed by atoms with Crippen molar-refractivity contribution < 1.29 is 17.9 Å². The van der Waals surface area contributed by atoms with Crippen molar-refractivity contribution in [3.8, 4) is 5.75 Å². The molecule has 0 atom stereocenters. The number of carbonyl (C=O) groups is 1. The number of hydrogen-bond acceptors (Lipinski definition) is 5. The van der Waals surface area contributed by atoms with Gasteiger partial charge in [-0.25, -0.2) is 8.42 Å². The lowest BCUT2D eigenvalue weighted by atomic mass is 10.3. The summed E-state index contributed by atoms with van der Waals surface area (Å²) >= 11 is 7.16. The molecule has 0 bridgehead atoms. The highest BCUT2D eigenvalue weighted by Crippen LogP contribution is 2.39. The van der Waals surface area contributed by atoms with Gasteiger partial charge in [-0.15, -0.1) is 0 Å². The van der Waals surface area contributed by atoms with Crippen LogP contribution in [0.1, 0.15) is 6.92 Å². The fraction of sp³-hybridized carbons (Fsp3) is 0.133. The van der Waals surface area contributed by atoms with Gasteiger partial charge in [0.05, 0.1) is 9.79 Å². The molecule has 0 aliphatic carbocycles. The molecule has 0 spiro atoms. The topological polar surface area (TPSA) is 60.4 Å². The normalized spacial score (nSPS) is 11.2. The van der Waals surface area contributed by atoms with Crippen LogP contribution in [0.3, 0.4) is 0 Å². The average Bonchev–Trinajstić information content (AvgIpc) is 2.41. The van der Waals surface area contributed by atoms with Crippen LogP contribution in [0, 0.1) is 0 Å². The fourth-order valence-electron chi connectivity index (χ4n) is 1.76. The summed E-state index contributed by atoms with van der Waals surface area (Å²) in [5.74, 6) is -0.120. The van der Waals surface area contributed by atoms with Crippen molar-refractivity contribution in [3.63, 3.8) is 0 Å². The van der Waals surface area contributed by atoms with Crippen LogP contribution in [0.5, 0.6) is 5.75 Å². The number of carbonyl (C=O) groups excluding carboxylic acids is 1. The van der Waals surface area contributed by atoms with Crippen LogP contribution in [0.2, 0.25) is 5.02 Å². The molecule has 0 aliphatic heterocycles. The van der Waals surface area contributed by atoms with Crippen molar-refractivity contribution >= 4 is 39.2 Å². The van der Waals surface area contributed by atoms with Gasteiger partial charge in [-0.05, 0) is 30.3 Å². The molecule has 4 nitrogen and oxygen atoms in total. The molecule has 2 rings (SSSR count). The van der Waals surface area contributed by atoms with Crippen LogP contribution in [0.25, 0.3) is 0 Å². The lowest BCUT2D eigenvalue weighted by molar-refractivity contribution is -0.132. The molecule has 0 fully saturated rings. The van der Waals surface area contributed by atoms with E-state index in [-0.39, 0.29) is 4.90 Å². The summed E-state index contributed by atoms with van der Waals surface area (Å²) in [5.41, 5.74) is 0. The van der Waals surface area contributed by atoms with Gasteiger partial charge < -0.3 is 4.74 Å². The Hall–Kier alpha value is -1.50. The van der Waals surface area contributed by atoms with Crippen molar-refractivity contribution in [1.82, 2.24) is 0 Å². The summed E-state index contributed by atoms with van der Waals surface area (Å²) in [6.07, 6.45) is 1.15. The van der Waals surface area contributed by atoms with Crippen LogP contribution < -0.4 is 4.74 Å². The molecule has 7 heteroatoms. The number of ether oxygens (including phenoxy) is 1. The van der Waals surface area contributed by atoms with E-state index in [1.807, 2.05) is 0 Å². The number of rotatable bonds is 4. The van der Waals surface area contributed by atoms with Gasteiger partial charge in [-0.3, -0.25) is 4.79 Å². The van der Waals surface area contributed by atoms with E-state index in [1.54, 1.807) is 36.4 Å². The van der Waals surface area contributed by atoms with Crippen molar-refractivity contribution in [1.29, 1.82) is 0 Å². The lowest BCUT2D eigenvalue weighted by Crippen LogP contribution is -2.03. The zero-order valence-corrected chi connectivity index (χ0v) is 14.3. The highest BCUT2D eigenvalue weighted by atomic mass is 35.5. The Labute approximate surface area is 138 Å². The van der Waals surface area contributed by atoms with Crippen LogP contribution >= 0.6 is 23.4 Å². The second kappa shape index (κ2) is 6.73. The maximum Gasteiger partial charge on any atom is 0.308 e. The first-order valence-corrected chi connectivity index (χ1v) is 9.31. The Bertz CT molecular complexity index is 816. The molecule has 2 aromatic rings. The standard InChI is InChI=1S/C15H13ClO4S2/c1-10(17)20-12-8-7-11(16)9-14(12)21-13-5-3-4-6-15(13)22(2,18)19/h3-9H,1-2H3. The van der Waals surface area contributed by atoms with Crippen LogP contribution in [-0.2, 0) is 14.6 Å². The second-order valence-corrected chi connectivity index (χ2v) is 8.01. The molecular formula is C15H13ClO4S2. The number of sulfone groups is 1. The fourth-order valence-corrected chi connectivity index (χ4v) is 4.28. The average molecular weight is 357 g/mol. The van der Waals surface area contributed by atoms with E-state index in [9.17, 15) is 13.2 Å². The quantitative estimate of drug-likeness (QED) is 0.615. The van der Waals surface area contributed by atoms with Gasteiger partial charge in [-0.2, -0.15) is 0 Å². The Kier molecular flexibility index (Phi) is 5.16. The molecule has 116 valence electrons. The number of hydrogen-bond donors (Lipinski definition) is 0. The number of halogens is 1. The van der Waals surface area contributed by atoms with Gasteiger partial charge in [0.25, 0.3) is 0 Å². The largest absolute Gasteiger partial charge is 0.426 e. The molecule has 0 radical (unpaired) electrons. The first kappa shape index (κ1) is 16.9. The molecule has 0 aromatic heterocycles. The van der Waals surface area contributed by atoms with E-state index in [0.29, 0.717) is 20.6 Å². The molecule has 22 heavy (non-hydrogen) atoms. The van der Waals surface area contributed by atoms with Gasteiger partial charge in [0.1, 0.15) is 5.75 Å². The predicted molar refractivity (Wildman–Crippen MR) is 86.4 cm³/mol. The third-order valence-electron chi connectivity index (χ3n) is 2.63. The van der Waals surface area contributed by atoms with Gasteiger partial charge in [0.2, 0.25) is 0 Å². The van der Waals surface area contributed by atoms with Crippen LogP contribution in [0.15, 0.2) is 57.2 Å². The zero-order chi connectivity index (χ0) is 16.3. The van der Waals surface area contributed by atoms with Crippen molar-refractivity contribution in [2.45, 2.75) is 21.6 Å². The summed E-state index contributed by atoms with van der Waals surface area (Å²) in [4.78, 5) is 12.5. The highest BCUT2D eigenvalue weighted by Gasteiger charge is 2.16. The van der Waals surface area contributed by atoms with Gasteiger partial charge >= 0.3 is 5.97 Å². The third kappa shape index (κ3) is 4.25. The molecule has 0 aliphatic rings. The van der Waals surface area contributed by atoms with E-state index in [2.05, 4.69) is 0 Å². The molecule has 0 N–H and O–H groups in total. The first-order chi connectivity index (χ1) is 10.3. The number of benzene rings is 2. The lowest BCUT2D eigenvalue weighted by Gasteiger charge is -2.11. The van der Waals surface area contributed by atoms with Crippen molar-refractivity contribution in [2.75, 3.05) is 6.26 Å². The van der Waals surface area contributed by atoms with E-state index >= 15 is 0 Å². The SMILES string of the molecule is CC(=O)Oc1ccc(Cl)cc1Sc1ccccc1S(C)(=O)=O. The Morgan fingerprint density at radius 1 is 1.14 bits per heavy atom. The zero-order valence-electron chi connectivity index (χ0n) is 11.9. The van der Waals surface area contributed by atoms with Gasteiger partial charge in [-0.1, -0.05) is 35.5 Å². The summed E-state index contributed by atoms with van der Waals surface area (Å²) in [6, 6.07) is 11.4. The first-order valence-electron chi connectivity index (χ1n) is 6.22. The van der Waals surface area contributed by atoms with Gasteiger partial charge in [0.15, 0.2) is 9.84 Å². The summed E-state index contributed by atoms with van der Waals surface area (Å²) in [7, 11) is -3.36. The Morgan fingerprint density at radius 3 is 2.45 bits per heavy atom. The minimum Gasteiger partial charge on any atom is -0.426 e. The minimum atomic E-state index is -3.36. The molecule has 0 amide bonds. The van der Waals surface area contributed by atoms with Gasteiger partial charge in [0, 0.05) is 23.1 Å². The molecule has 0 heterocycles. The molecule has 2 aromatic carbocycles. The van der Waals surface area contributed by atoms with E-state index < -0.39 is 15.8 Å². The monoisotopic (exact) mass is 356 g/mol. The third-order valence-corrected chi connectivity index (χ3v) is 5.26. The van der Waals surface area contributed by atoms with Crippen LogP contribution in [0.4, 0.5) is 0 Å². The summed E-state index contributed by atoms with van der Waals surface area (Å²) in [5, 5.41) is 0.468. The van der Waals surface area contributed by atoms with Crippen molar-refractivity contribution in [2.24, 2.45) is 0 Å². The van der Waals surface area contributed by atoms with Crippen molar-refractivity contribution in [3.05, 3.63) is 47.5 Å². The summed E-state index contributed by atoms with van der Waals surface area (Å²) < 4.78 is 28.8. The number of esters is 1. The smallest absolute Gasteiger partial charge is 0.308 e. The predicted octanol–water partition coefficient (Wildman–Crippen LogP) is 3.82. The molecule has 0 saturated carbocycles. The Balaban J connectivity index is 2.48. The minimum absolute atomic E-state index is 0.216. The summed E-state index contributed by atoms with van der Waals surface area (Å²) in [6.45, 7) is 1.30. The Morgan fingerprint density at radius 2 is 1.82 bits per heavy atom. The highest BCUT2D eigenvalue weighted by molar-refractivity contribution is 8.00. The second-order valence-electron chi connectivity index (χ2n) is 4.51. The maximum absolute atomic E-state index is 11.8.